The molecule has 1 saturated heterocycles. The van der Waals surface area contributed by atoms with Crippen LogP contribution in [-0.4, -0.2) is 49.8 Å². The zero-order valence-electron chi connectivity index (χ0n) is 20.8. The molecule has 200 valence electrons. The van der Waals surface area contributed by atoms with Gasteiger partial charge in [0, 0.05) is 6.04 Å². The highest BCUT2D eigenvalue weighted by atomic mass is 19.4. The molecule has 0 aromatic heterocycles. The van der Waals surface area contributed by atoms with E-state index in [1.807, 2.05) is 0 Å². The maximum absolute atomic E-state index is 13.5. The zero-order valence-corrected chi connectivity index (χ0v) is 20.8. The summed E-state index contributed by atoms with van der Waals surface area (Å²) in [5, 5.41) is 9.57. The third kappa shape index (κ3) is 7.37. The minimum atomic E-state index is -4.26. The van der Waals surface area contributed by atoms with Gasteiger partial charge in [-0.25, -0.2) is 0 Å². The van der Waals surface area contributed by atoms with Crippen molar-refractivity contribution in [2.45, 2.75) is 94.3 Å². The molecule has 1 heterocycles. The Morgan fingerprint density at radius 1 is 1.03 bits per heavy atom. The number of rotatable bonds is 10. The van der Waals surface area contributed by atoms with Gasteiger partial charge in [0.15, 0.2) is 0 Å². The summed E-state index contributed by atoms with van der Waals surface area (Å²) in [6.45, 7) is 1.32. The van der Waals surface area contributed by atoms with Gasteiger partial charge < -0.3 is 20.7 Å². The monoisotopic (exact) mass is 509 g/mol. The number of nitrogens with one attached hydrogen (secondary N) is 3. The largest absolute Gasteiger partial charge is 0.493 e. The van der Waals surface area contributed by atoms with Crippen LogP contribution in [0.15, 0.2) is 24.3 Å². The van der Waals surface area contributed by atoms with Gasteiger partial charge in [-0.2, -0.15) is 13.2 Å². The van der Waals surface area contributed by atoms with Crippen molar-refractivity contribution in [2.24, 2.45) is 5.92 Å². The van der Waals surface area contributed by atoms with Crippen molar-refractivity contribution in [3.8, 4) is 5.75 Å². The minimum Gasteiger partial charge on any atom is -0.493 e. The number of hydrogen-bond acceptors (Lipinski definition) is 4. The molecule has 1 aliphatic heterocycles. The van der Waals surface area contributed by atoms with Gasteiger partial charge >= 0.3 is 6.18 Å². The van der Waals surface area contributed by atoms with E-state index < -0.39 is 30.7 Å². The second kappa shape index (κ2) is 11.8. The van der Waals surface area contributed by atoms with Gasteiger partial charge in [-0.05, 0) is 68.8 Å². The van der Waals surface area contributed by atoms with Gasteiger partial charge in [-0.3, -0.25) is 9.59 Å². The maximum Gasteiger partial charge on any atom is 0.392 e. The molecular weight excluding hydrogens is 471 g/mol. The van der Waals surface area contributed by atoms with Crippen LogP contribution in [0.3, 0.4) is 0 Å². The Morgan fingerprint density at radius 2 is 1.69 bits per heavy atom. The summed E-state index contributed by atoms with van der Waals surface area (Å²) in [5.41, 5.74) is 0.114. The molecule has 0 spiro atoms. The van der Waals surface area contributed by atoms with Crippen LogP contribution in [0, 0.1) is 5.92 Å². The van der Waals surface area contributed by atoms with Crippen molar-refractivity contribution in [1.82, 2.24) is 16.0 Å². The molecule has 4 rings (SSSR count). The molecule has 3 N–H and O–H groups in total. The molecule has 1 atom stereocenters. The summed E-state index contributed by atoms with van der Waals surface area (Å²) in [6, 6.07) is 6.30. The average Bonchev–Trinajstić information content (AvgIpc) is 3.67. The van der Waals surface area contributed by atoms with E-state index in [9.17, 15) is 22.8 Å². The topological polar surface area (TPSA) is 79.5 Å². The highest BCUT2D eigenvalue weighted by molar-refractivity contribution is 5.95. The molecular formula is C27H38F3N3O3. The van der Waals surface area contributed by atoms with Gasteiger partial charge in [-0.15, -0.1) is 0 Å². The molecule has 2 aliphatic carbocycles. The summed E-state index contributed by atoms with van der Waals surface area (Å²) in [7, 11) is 0. The van der Waals surface area contributed by atoms with Crippen LogP contribution in [0.4, 0.5) is 13.2 Å². The van der Waals surface area contributed by atoms with Gasteiger partial charge in [-0.1, -0.05) is 44.2 Å². The normalized spacial score (nSPS) is 21.4. The number of piperidine rings is 1. The third-order valence-electron chi connectivity index (χ3n) is 7.85. The first-order chi connectivity index (χ1) is 17.2. The first kappa shape index (κ1) is 26.8. The molecule has 6 nitrogen and oxygen atoms in total. The van der Waals surface area contributed by atoms with Crippen LogP contribution < -0.4 is 20.7 Å². The summed E-state index contributed by atoms with van der Waals surface area (Å²) in [6.07, 6.45) is 4.27. The molecule has 9 heteroatoms. The zero-order chi connectivity index (χ0) is 25.6. The lowest BCUT2D eigenvalue weighted by Gasteiger charge is -2.30. The lowest BCUT2D eigenvalue weighted by molar-refractivity contribution is -0.139. The predicted molar refractivity (Wildman–Crippen MR) is 131 cm³/mol. The highest BCUT2D eigenvalue weighted by Gasteiger charge is 2.52. The fourth-order valence-corrected chi connectivity index (χ4v) is 5.48. The van der Waals surface area contributed by atoms with Crippen molar-refractivity contribution in [3.63, 3.8) is 0 Å². The molecule has 3 fully saturated rings. The number of halogens is 3. The first-order valence-electron chi connectivity index (χ1n) is 13.4. The fraction of sp³-hybridized carbons (Fsp3) is 0.704. The second-order valence-electron chi connectivity index (χ2n) is 10.6. The van der Waals surface area contributed by atoms with E-state index in [2.05, 4.69) is 16.0 Å². The molecule has 1 aromatic rings. The lowest BCUT2D eigenvalue weighted by atomic mass is 9.84. The maximum atomic E-state index is 13.5. The Bertz CT molecular complexity index is 874. The van der Waals surface area contributed by atoms with Crippen LogP contribution in [0.5, 0.6) is 5.75 Å². The van der Waals surface area contributed by atoms with E-state index in [0.717, 1.165) is 44.3 Å². The van der Waals surface area contributed by atoms with E-state index in [1.165, 1.54) is 19.3 Å². The number of carbonyl (C=O) groups excluding carboxylic acids is 2. The third-order valence-corrected chi connectivity index (χ3v) is 7.85. The van der Waals surface area contributed by atoms with E-state index >= 15 is 0 Å². The van der Waals surface area contributed by atoms with Crippen LogP contribution in [-0.2, 0) is 15.0 Å². The van der Waals surface area contributed by atoms with Crippen LogP contribution >= 0.6 is 0 Å². The molecule has 3 aliphatic rings. The van der Waals surface area contributed by atoms with Crippen molar-refractivity contribution in [2.75, 3.05) is 19.7 Å². The summed E-state index contributed by atoms with van der Waals surface area (Å²) in [4.78, 5) is 26.8. The minimum absolute atomic E-state index is 0.0926. The van der Waals surface area contributed by atoms with Crippen molar-refractivity contribution in [3.05, 3.63) is 29.8 Å². The van der Waals surface area contributed by atoms with Crippen LogP contribution in [0.1, 0.15) is 76.2 Å². The van der Waals surface area contributed by atoms with Gasteiger partial charge in [0.05, 0.1) is 18.4 Å². The van der Waals surface area contributed by atoms with E-state index in [-0.39, 0.29) is 17.9 Å². The highest BCUT2D eigenvalue weighted by Crippen LogP contribution is 2.49. The van der Waals surface area contributed by atoms with E-state index in [4.69, 9.17) is 4.74 Å². The number of alkyl halides is 3. The molecule has 0 radical (unpaired) electrons. The van der Waals surface area contributed by atoms with Crippen molar-refractivity contribution in [1.29, 1.82) is 0 Å². The Kier molecular flexibility index (Phi) is 8.80. The molecule has 1 aromatic carbocycles. The van der Waals surface area contributed by atoms with E-state index in [1.54, 1.807) is 24.3 Å². The summed E-state index contributed by atoms with van der Waals surface area (Å²) < 4.78 is 42.3. The quantitative estimate of drug-likeness (QED) is 0.438. The lowest BCUT2D eigenvalue weighted by Crippen LogP contribution is -2.54. The number of carbonyl (C=O) groups is 2. The van der Waals surface area contributed by atoms with E-state index in [0.29, 0.717) is 30.9 Å². The summed E-state index contributed by atoms with van der Waals surface area (Å²) in [5.74, 6) is 0.543. The molecule has 0 unspecified atom stereocenters. The van der Waals surface area contributed by atoms with Crippen molar-refractivity contribution < 1.29 is 27.5 Å². The molecule has 2 amide bonds. The average molecular weight is 510 g/mol. The van der Waals surface area contributed by atoms with Crippen LogP contribution in [0.2, 0.25) is 0 Å². The number of hydrogen-bond donors (Lipinski definition) is 3. The molecule has 2 saturated carbocycles. The van der Waals surface area contributed by atoms with Gasteiger partial charge in [0.25, 0.3) is 0 Å². The molecule has 0 bridgehead atoms. The number of ether oxygens (including phenoxy) is 1. The Morgan fingerprint density at radius 3 is 2.31 bits per heavy atom. The molecule has 36 heavy (non-hydrogen) atoms. The van der Waals surface area contributed by atoms with Gasteiger partial charge in [0.2, 0.25) is 11.8 Å². The number of benzene rings is 1. The Balaban J connectivity index is 1.39. The fourth-order valence-electron chi connectivity index (χ4n) is 5.48. The Labute approximate surface area is 211 Å². The standard InChI is InChI=1S/C27H38F3N3O3/c28-27(29,30)14-17-36-22-8-6-20(7-9-22)26(12-13-26)25(35)33-23(18-19-4-2-1-3-5-19)24(34)32-21-10-15-31-16-11-21/h6-9,19,21,23,31H,1-5,10-18H2,(H,32,34)(H,33,35)/t23-/m0/s1. The Hall–Kier alpha value is -2.29. The number of amides is 2. The van der Waals surface area contributed by atoms with Gasteiger partial charge in [0.1, 0.15) is 11.8 Å². The summed E-state index contributed by atoms with van der Waals surface area (Å²) >= 11 is 0. The smallest absolute Gasteiger partial charge is 0.392 e. The predicted octanol–water partition coefficient (Wildman–Crippen LogP) is 4.37. The SMILES string of the molecule is O=C(NC1CCNCC1)[C@H](CC1CCCCC1)NC(=O)C1(c2ccc(OCCC(F)(F)F)cc2)CC1. The first-order valence-corrected chi connectivity index (χ1v) is 13.4. The van der Waals surface area contributed by atoms with Crippen molar-refractivity contribution >= 4 is 11.8 Å². The second-order valence-corrected chi connectivity index (χ2v) is 10.6. The van der Waals surface area contributed by atoms with Crippen LogP contribution in [0.25, 0.3) is 0 Å².